The fourth-order valence-corrected chi connectivity index (χ4v) is 0. The number of hydrogen-bond donors (Lipinski definition) is 2. The summed E-state index contributed by atoms with van der Waals surface area (Å²) in [5, 5.41) is 13.9. The predicted molar refractivity (Wildman–Crippen MR) is 21.6 cm³/mol. The van der Waals surface area contributed by atoms with Gasteiger partial charge in [0.05, 0.1) is 0 Å². The van der Waals surface area contributed by atoms with Gasteiger partial charge in [-0.3, -0.25) is 4.21 Å². The highest BCUT2D eigenvalue weighted by Gasteiger charge is 1.70. The van der Waals surface area contributed by atoms with Gasteiger partial charge in [-0.1, -0.05) is 0 Å². The molecule has 0 heterocycles. The van der Waals surface area contributed by atoms with Crippen molar-refractivity contribution < 1.29 is 19.2 Å². The van der Waals surface area contributed by atoms with Crippen molar-refractivity contribution in [2.75, 3.05) is 0 Å². The molecule has 0 unspecified atom stereocenters. The fourth-order valence-electron chi connectivity index (χ4n) is 0. The molecule has 0 atom stereocenters. The van der Waals surface area contributed by atoms with Gasteiger partial charge in [0.15, 0.2) is 0 Å². The van der Waals surface area contributed by atoms with Crippen LogP contribution in [0, 0.1) is 0 Å². The van der Waals surface area contributed by atoms with Crippen molar-refractivity contribution in [1.29, 1.82) is 0 Å². The molecule has 0 aromatic carbocycles. The third kappa shape index (κ3) is 59.5. The lowest BCUT2D eigenvalue weighted by Gasteiger charge is -1.60. The molecule has 0 spiro atoms. The Morgan fingerprint density at radius 3 is 1.33 bits per heavy atom. The molecule has 4 nitrogen and oxygen atoms in total. The Hall–Kier alpha value is -0.580. The van der Waals surface area contributed by atoms with Gasteiger partial charge in [0, 0.05) is 0 Å². The van der Waals surface area contributed by atoms with Crippen LogP contribution in [-0.2, 0) is 12.5 Å². The summed E-state index contributed by atoms with van der Waals surface area (Å²) in [6, 6.07) is 0. The maximum absolute atomic E-state index is 8.56. The van der Waals surface area contributed by atoms with Crippen LogP contribution in [0.4, 0.5) is 4.79 Å². The first kappa shape index (κ1) is 9.05. The van der Waals surface area contributed by atoms with Crippen LogP contribution in [0.1, 0.15) is 0 Å². The zero-order valence-electron chi connectivity index (χ0n) is 2.71. The molecule has 0 aromatic rings. The Kier molecular flexibility index (Phi) is 13.3. The first-order valence-electron chi connectivity index (χ1n) is 0.855. The van der Waals surface area contributed by atoms with E-state index in [4.69, 9.17) is 19.2 Å². The van der Waals surface area contributed by atoms with Crippen molar-refractivity contribution in [1.82, 2.24) is 0 Å². The molecule has 0 aromatic heterocycles. The highest BCUT2D eigenvalue weighted by atomic mass is 32.1. The van der Waals surface area contributed by atoms with E-state index >= 15 is 0 Å². The topological polar surface area (TPSA) is 74.6 Å². The molecular formula is CH4O4S. The van der Waals surface area contributed by atoms with E-state index in [-0.39, 0.29) is 0 Å². The summed E-state index contributed by atoms with van der Waals surface area (Å²) in [5.74, 6) is 0. The molecule has 0 fully saturated rings. The number of rotatable bonds is 0. The Labute approximate surface area is 38.9 Å². The highest BCUT2D eigenvalue weighted by molar-refractivity contribution is 7.44. The predicted octanol–water partition coefficient (Wildman–Crippen LogP) is -0.649. The molecule has 2 N–H and O–H groups in total. The minimum absolute atomic E-state index is 1.72. The molecule has 0 rings (SSSR count). The summed E-state index contributed by atoms with van der Waals surface area (Å²) < 4.78 is 8.06. The zero-order valence-corrected chi connectivity index (χ0v) is 3.71. The molecule has 0 saturated carbocycles. The SMILES string of the molecule is O=C(O)O.O=[SH2]. The molecular weight excluding hydrogens is 108 g/mol. The van der Waals surface area contributed by atoms with Crippen molar-refractivity contribution in [3.8, 4) is 0 Å². The maximum Gasteiger partial charge on any atom is 0.503 e. The molecule has 0 bridgehead atoms. The van der Waals surface area contributed by atoms with Gasteiger partial charge in [-0.05, 0) is 12.5 Å². The van der Waals surface area contributed by atoms with Gasteiger partial charge in [-0.25, -0.2) is 4.79 Å². The molecule has 6 heavy (non-hydrogen) atoms. The Morgan fingerprint density at radius 1 is 1.33 bits per heavy atom. The Bertz CT molecular complexity index is 38.8. The molecule has 38 valence electrons. The molecule has 0 aliphatic rings. The molecule has 0 amide bonds. The average molecular weight is 112 g/mol. The molecule has 0 saturated heterocycles. The van der Waals surface area contributed by atoms with E-state index in [2.05, 4.69) is 0 Å². The van der Waals surface area contributed by atoms with E-state index in [1.165, 1.54) is 0 Å². The average Bonchev–Trinajstić information content (AvgIpc) is 1.41. The molecule has 5 heteroatoms. The lowest BCUT2D eigenvalue weighted by atomic mass is 11.5. The second kappa shape index (κ2) is 8.83. The molecule has 0 aliphatic heterocycles. The van der Waals surface area contributed by atoms with Crippen molar-refractivity contribution in [3.05, 3.63) is 0 Å². The molecule has 0 radical (unpaired) electrons. The quantitative estimate of drug-likeness (QED) is 0.436. The Morgan fingerprint density at radius 2 is 1.33 bits per heavy atom. The van der Waals surface area contributed by atoms with Gasteiger partial charge in [0.1, 0.15) is 0 Å². The van der Waals surface area contributed by atoms with Crippen LogP contribution in [0.5, 0.6) is 0 Å². The lowest BCUT2D eigenvalue weighted by molar-refractivity contribution is 0.137. The van der Waals surface area contributed by atoms with E-state index in [9.17, 15) is 0 Å². The van der Waals surface area contributed by atoms with Crippen LogP contribution in [0.3, 0.4) is 0 Å². The van der Waals surface area contributed by atoms with Crippen LogP contribution >= 0.6 is 0 Å². The van der Waals surface area contributed by atoms with E-state index in [1.807, 2.05) is 0 Å². The van der Waals surface area contributed by atoms with Gasteiger partial charge >= 0.3 is 6.16 Å². The summed E-state index contributed by atoms with van der Waals surface area (Å²) in [6.07, 6.45) is -1.83. The summed E-state index contributed by atoms with van der Waals surface area (Å²) in [5.41, 5.74) is 0. The maximum atomic E-state index is 8.56. The second-order valence-electron chi connectivity index (χ2n) is 0.283. The number of carboxylic acid groups (broad SMARTS) is 2. The van der Waals surface area contributed by atoms with Crippen LogP contribution in [-0.4, -0.2) is 20.6 Å². The third-order valence-corrected chi connectivity index (χ3v) is 0. The number of hydrogen-bond acceptors (Lipinski definition) is 2. The van der Waals surface area contributed by atoms with E-state index < -0.39 is 6.16 Å². The van der Waals surface area contributed by atoms with Crippen molar-refractivity contribution >= 4 is 18.7 Å². The van der Waals surface area contributed by atoms with E-state index in [0.717, 1.165) is 0 Å². The van der Waals surface area contributed by atoms with E-state index in [0.29, 0.717) is 0 Å². The van der Waals surface area contributed by atoms with E-state index in [1.54, 1.807) is 12.5 Å². The summed E-state index contributed by atoms with van der Waals surface area (Å²) in [6.45, 7) is 0. The van der Waals surface area contributed by atoms with Crippen LogP contribution < -0.4 is 0 Å². The second-order valence-corrected chi connectivity index (χ2v) is 0.283. The van der Waals surface area contributed by atoms with Crippen molar-refractivity contribution in [2.24, 2.45) is 0 Å². The number of carbonyl (C=O) groups is 1. The normalized spacial score (nSPS) is 4.83. The summed E-state index contributed by atoms with van der Waals surface area (Å²) >= 11 is 1.72. The lowest BCUT2D eigenvalue weighted by Crippen LogP contribution is -1.81. The monoisotopic (exact) mass is 112 g/mol. The highest BCUT2D eigenvalue weighted by Crippen LogP contribution is 1.42. The third-order valence-electron chi connectivity index (χ3n) is 0. The van der Waals surface area contributed by atoms with Gasteiger partial charge in [-0.15, -0.1) is 0 Å². The molecule has 0 aliphatic carbocycles. The van der Waals surface area contributed by atoms with Gasteiger partial charge < -0.3 is 10.2 Å². The van der Waals surface area contributed by atoms with Crippen LogP contribution in [0.2, 0.25) is 0 Å². The van der Waals surface area contributed by atoms with Gasteiger partial charge in [0.25, 0.3) is 0 Å². The van der Waals surface area contributed by atoms with Crippen molar-refractivity contribution in [3.63, 3.8) is 0 Å². The standard InChI is InChI=1S/CH2O3.H2OS/c2-1(3)4;1-2/h(H2,2,3,4);2H2. The minimum atomic E-state index is -1.83. The van der Waals surface area contributed by atoms with Gasteiger partial charge in [0.2, 0.25) is 0 Å². The van der Waals surface area contributed by atoms with Gasteiger partial charge in [-0.2, -0.15) is 0 Å². The summed E-state index contributed by atoms with van der Waals surface area (Å²) in [4.78, 5) is 8.56. The first-order valence-corrected chi connectivity index (χ1v) is 1.26. The van der Waals surface area contributed by atoms with Crippen LogP contribution in [0.15, 0.2) is 0 Å². The zero-order chi connectivity index (χ0) is 5.58. The van der Waals surface area contributed by atoms with Crippen LogP contribution in [0.25, 0.3) is 0 Å². The largest absolute Gasteiger partial charge is 0.503 e. The summed E-state index contributed by atoms with van der Waals surface area (Å²) in [7, 11) is 0. The fraction of sp³-hybridized carbons (Fsp3) is 0. The smallest absolute Gasteiger partial charge is 0.450 e. The van der Waals surface area contributed by atoms with Crippen molar-refractivity contribution in [2.45, 2.75) is 0 Å². The first-order chi connectivity index (χ1) is 2.73. The minimum Gasteiger partial charge on any atom is -0.450 e. The Balaban J connectivity index is 0.